The molecule has 2 aliphatic heterocycles. The summed E-state index contributed by atoms with van der Waals surface area (Å²) in [5.41, 5.74) is 3.44. The van der Waals surface area contributed by atoms with Crippen molar-refractivity contribution in [3.05, 3.63) is 72.4 Å². The van der Waals surface area contributed by atoms with Crippen LogP contribution in [0.1, 0.15) is 5.56 Å². The molecular weight excluding hydrogens is 392 g/mol. The van der Waals surface area contributed by atoms with Crippen LogP contribution in [0.3, 0.4) is 0 Å². The normalized spacial score (nSPS) is 11.3. The van der Waals surface area contributed by atoms with E-state index in [0.717, 1.165) is 42.3 Å². The second-order valence-corrected chi connectivity index (χ2v) is 8.79. The van der Waals surface area contributed by atoms with E-state index in [1.54, 1.807) is 11.5 Å². The van der Waals surface area contributed by atoms with Gasteiger partial charge in [-0.15, -0.1) is 0 Å². The van der Waals surface area contributed by atoms with Crippen LogP contribution in [0.4, 0.5) is 0 Å². The first-order valence-corrected chi connectivity index (χ1v) is 11.0. The van der Waals surface area contributed by atoms with E-state index in [-0.39, 0.29) is 0 Å². The molecule has 2 aliphatic rings. The van der Waals surface area contributed by atoms with Gasteiger partial charge in [0.1, 0.15) is 12.4 Å². The van der Waals surface area contributed by atoms with Crippen LogP contribution in [0.15, 0.2) is 66.9 Å². The molecular formula is C24H28N4OS. The van der Waals surface area contributed by atoms with Crippen molar-refractivity contribution in [2.75, 3.05) is 27.2 Å². The van der Waals surface area contributed by atoms with Gasteiger partial charge >= 0.3 is 0 Å². The van der Waals surface area contributed by atoms with Gasteiger partial charge in [-0.3, -0.25) is 3.96 Å². The summed E-state index contributed by atoms with van der Waals surface area (Å²) >= 11 is 1.72. The van der Waals surface area contributed by atoms with E-state index in [1.165, 1.54) is 10.3 Å². The minimum atomic E-state index is 0.701. The van der Waals surface area contributed by atoms with Crippen molar-refractivity contribution in [1.29, 1.82) is 0 Å². The smallest absolute Gasteiger partial charge is 0.158 e. The highest BCUT2D eigenvalue weighted by Crippen LogP contribution is 2.25. The Labute approximate surface area is 182 Å². The maximum absolute atomic E-state index is 5.80. The number of ether oxygens (including phenoxy) is 1. The topological polar surface area (TPSA) is 35.2 Å². The lowest BCUT2D eigenvalue weighted by Gasteiger charge is -2.14. The van der Waals surface area contributed by atoms with Crippen molar-refractivity contribution >= 4 is 21.7 Å². The van der Waals surface area contributed by atoms with Gasteiger partial charge in [-0.25, -0.2) is 4.98 Å². The summed E-state index contributed by atoms with van der Waals surface area (Å²) in [5, 5.41) is 0. The van der Waals surface area contributed by atoms with Crippen molar-refractivity contribution in [3.8, 4) is 17.3 Å². The maximum atomic E-state index is 5.80. The number of benzene rings is 2. The first kappa shape index (κ1) is 20.4. The third-order valence-corrected chi connectivity index (χ3v) is 6.07. The fourth-order valence-electron chi connectivity index (χ4n) is 3.36. The summed E-state index contributed by atoms with van der Waals surface area (Å²) in [4.78, 5) is 7.12. The van der Waals surface area contributed by atoms with Crippen LogP contribution in [-0.4, -0.2) is 45.7 Å². The Morgan fingerprint density at radius 1 is 1.00 bits per heavy atom. The molecule has 0 N–H and O–H groups in total. The van der Waals surface area contributed by atoms with Gasteiger partial charge < -0.3 is 14.2 Å². The summed E-state index contributed by atoms with van der Waals surface area (Å²) < 4.78 is 11.4. The van der Waals surface area contributed by atoms with E-state index in [0.29, 0.717) is 6.61 Å². The molecule has 0 aliphatic carbocycles. The molecule has 0 saturated carbocycles. The Hall–Kier alpha value is -2.83. The fraction of sp³-hybridized carbons (Fsp3) is 0.292. The third kappa shape index (κ3) is 4.83. The van der Waals surface area contributed by atoms with Crippen molar-refractivity contribution < 1.29 is 4.74 Å². The van der Waals surface area contributed by atoms with Crippen molar-refractivity contribution in [3.63, 3.8) is 0 Å². The molecule has 2 heterocycles. The van der Waals surface area contributed by atoms with Crippen LogP contribution in [0, 0.1) is 0 Å². The average molecular weight is 421 g/mol. The van der Waals surface area contributed by atoms with E-state index >= 15 is 0 Å². The Balaban J connectivity index is 1.53. The minimum Gasteiger partial charge on any atom is -0.492 e. The van der Waals surface area contributed by atoms with E-state index in [1.807, 2.05) is 6.07 Å². The molecule has 0 fully saturated rings. The number of aryl methyl sites for hydroxylation is 3. The number of hydrogen-bond donors (Lipinski definition) is 0. The molecule has 0 aromatic heterocycles. The van der Waals surface area contributed by atoms with Crippen LogP contribution in [0.5, 0.6) is 5.75 Å². The molecule has 2 aromatic carbocycles. The molecule has 2 aromatic rings. The highest BCUT2D eigenvalue weighted by Gasteiger charge is 2.11. The molecule has 0 spiro atoms. The standard InChI is InChI=1S/C24H28N4OS/c1-26(2)17-18-29-20-12-10-19(11-13-20)14-16-28-15-6-8-22-24(28)25-21-7-4-5-9-23(21)30-27(22)3/h4-13,15H,14,16-18H2,1-3H3. The molecule has 4 rings (SSSR count). The monoisotopic (exact) mass is 420 g/mol. The zero-order valence-electron chi connectivity index (χ0n) is 17.8. The molecule has 30 heavy (non-hydrogen) atoms. The Morgan fingerprint density at radius 3 is 2.60 bits per heavy atom. The first-order valence-electron chi connectivity index (χ1n) is 10.2. The largest absolute Gasteiger partial charge is 0.492 e. The predicted molar refractivity (Wildman–Crippen MR) is 125 cm³/mol. The second-order valence-electron chi connectivity index (χ2n) is 7.62. The number of nitrogens with zero attached hydrogens (tertiary/aromatic N) is 4. The lowest BCUT2D eigenvalue weighted by molar-refractivity contribution is 0.261. The van der Waals surface area contributed by atoms with Gasteiger partial charge in [0.15, 0.2) is 5.82 Å². The summed E-state index contributed by atoms with van der Waals surface area (Å²) in [6, 6.07) is 21.0. The number of pyridine rings is 1. The lowest BCUT2D eigenvalue weighted by atomic mass is 10.1. The van der Waals surface area contributed by atoms with Gasteiger partial charge in [0.05, 0.1) is 15.9 Å². The van der Waals surface area contributed by atoms with Crippen LogP contribution < -0.4 is 4.74 Å². The zero-order valence-corrected chi connectivity index (χ0v) is 18.6. The lowest BCUT2D eigenvalue weighted by Crippen LogP contribution is -2.19. The molecule has 0 saturated heterocycles. The van der Waals surface area contributed by atoms with Crippen molar-refractivity contribution in [1.82, 2.24) is 18.4 Å². The minimum absolute atomic E-state index is 0.701. The fourth-order valence-corrected chi connectivity index (χ4v) is 4.25. The molecule has 0 bridgehead atoms. The summed E-state index contributed by atoms with van der Waals surface area (Å²) in [7, 11) is 6.20. The van der Waals surface area contributed by atoms with Crippen molar-refractivity contribution in [2.45, 2.75) is 13.0 Å². The summed E-state index contributed by atoms with van der Waals surface area (Å²) in [6.07, 6.45) is 3.06. The Kier molecular flexibility index (Phi) is 6.35. The van der Waals surface area contributed by atoms with Crippen LogP contribution in [0.2, 0.25) is 0 Å². The summed E-state index contributed by atoms with van der Waals surface area (Å²) in [6.45, 7) is 2.48. The number of likely N-dealkylation sites (N-methyl/N-ethyl adjacent to an activating group) is 1. The van der Waals surface area contributed by atoms with Crippen LogP contribution >= 0.6 is 11.5 Å². The van der Waals surface area contributed by atoms with Gasteiger partial charge in [-0.2, -0.15) is 0 Å². The number of fused-ring (bicyclic) bond motifs is 2. The molecule has 0 atom stereocenters. The number of hydrogen-bond acceptors (Lipinski definition) is 4. The number of rotatable bonds is 7. The van der Waals surface area contributed by atoms with E-state index < -0.39 is 0 Å². The molecule has 0 unspecified atom stereocenters. The number of para-hydroxylation sites is 1. The van der Waals surface area contributed by atoms with Gasteiger partial charge in [-0.05, 0) is 62.5 Å². The Bertz CT molecular complexity index is 1120. The molecule has 156 valence electrons. The van der Waals surface area contributed by atoms with E-state index in [2.05, 4.69) is 95.4 Å². The van der Waals surface area contributed by atoms with E-state index in [9.17, 15) is 0 Å². The molecule has 0 amide bonds. The van der Waals surface area contributed by atoms with Crippen LogP contribution in [-0.2, 0) is 20.0 Å². The molecule has 0 radical (unpaired) electrons. The van der Waals surface area contributed by atoms with E-state index in [4.69, 9.17) is 9.72 Å². The average Bonchev–Trinajstić information content (AvgIpc) is 2.89. The highest BCUT2D eigenvalue weighted by molar-refractivity contribution is 7.13. The van der Waals surface area contributed by atoms with Gasteiger partial charge in [0.25, 0.3) is 0 Å². The van der Waals surface area contributed by atoms with Crippen molar-refractivity contribution in [2.24, 2.45) is 7.05 Å². The molecule has 5 nitrogen and oxygen atoms in total. The first-order chi connectivity index (χ1) is 14.6. The maximum Gasteiger partial charge on any atom is 0.158 e. The SMILES string of the molecule is CN(C)CCOc1ccc(CCn2cccc3n(C)sc4ccccc4nc2-3)cc1. The molecule has 6 heteroatoms. The van der Waals surface area contributed by atoms with Crippen LogP contribution in [0.25, 0.3) is 21.7 Å². The zero-order chi connectivity index (χ0) is 20.9. The Morgan fingerprint density at radius 2 is 1.80 bits per heavy atom. The van der Waals surface area contributed by atoms with Gasteiger partial charge in [0.2, 0.25) is 0 Å². The third-order valence-electron chi connectivity index (χ3n) is 5.06. The highest BCUT2D eigenvalue weighted by atomic mass is 32.1. The predicted octanol–water partition coefficient (Wildman–Crippen LogP) is 4.85. The number of aromatic nitrogens is 3. The quantitative estimate of drug-likeness (QED) is 0.429. The van der Waals surface area contributed by atoms with Gasteiger partial charge in [0, 0.05) is 26.3 Å². The second kappa shape index (κ2) is 9.32. The summed E-state index contributed by atoms with van der Waals surface area (Å²) in [5.74, 6) is 1.92. The van der Waals surface area contributed by atoms with Gasteiger partial charge in [-0.1, -0.05) is 35.8 Å².